The largest absolute Gasteiger partial charge is 0.480 e. The molecule has 1 fully saturated rings. The minimum Gasteiger partial charge on any atom is -0.480 e. The summed E-state index contributed by atoms with van der Waals surface area (Å²) in [4.78, 5) is 10.7. The molecule has 3 aromatic rings. The summed E-state index contributed by atoms with van der Waals surface area (Å²) in [5.74, 6) is 0.129. The van der Waals surface area contributed by atoms with Gasteiger partial charge in [0.1, 0.15) is 6.61 Å². The number of aliphatic carboxylic acids is 1. The van der Waals surface area contributed by atoms with Crippen LogP contribution in [-0.4, -0.2) is 34.1 Å². The summed E-state index contributed by atoms with van der Waals surface area (Å²) >= 11 is 0. The molecule has 0 aliphatic heterocycles. The molecule has 0 saturated heterocycles. The van der Waals surface area contributed by atoms with Crippen LogP contribution in [0.15, 0.2) is 54.6 Å². The average Bonchev–Trinajstić information content (AvgIpc) is 3.11. The molecule has 5 nitrogen and oxygen atoms in total. The van der Waals surface area contributed by atoms with Crippen molar-refractivity contribution in [2.45, 2.75) is 46.1 Å². The highest BCUT2D eigenvalue weighted by molar-refractivity contribution is 5.83. The lowest BCUT2D eigenvalue weighted by molar-refractivity contribution is -0.142. The van der Waals surface area contributed by atoms with E-state index in [4.69, 9.17) is 14.9 Å². The van der Waals surface area contributed by atoms with Crippen LogP contribution in [0.25, 0.3) is 22.4 Å². The molecular weight excluding hydrogens is 400 g/mol. The molecule has 1 heterocycles. The normalized spacial score (nSPS) is 18.6. The Bertz CT molecular complexity index is 1050. The lowest BCUT2D eigenvalue weighted by atomic mass is 9.82. The van der Waals surface area contributed by atoms with Gasteiger partial charge in [0.05, 0.1) is 18.0 Å². The maximum absolute atomic E-state index is 10.7. The standard InChI is InChI=1S/C27H32N2O3/c1-19-7-6-10-24(15-19)26-20(2)28-29(27(26)23-8-4-3-5-9-23)16-21-11-13-22(14-12-21)17-32-18-25(30)31/h3-10,15,21-22H,11-14,16-18H2,1-2H3,(H,30,31)/t21-,22-. The Kier molecular flexibility index (Phi) is 7.05. The van der Waals surface area contributed by atoms with E-state index in [1.54, 1.807) is 0 Å². The smallest absolute Gasteiger partial charge is 0.329 e. The number of carbonyl (C=O) groups is 1. The Morgan fingerprint density at radius 2 is 1.69 bits per heavy atom. The van der Waals surface area contributed by atoms with E-state index in [-0.39, 0.29) is 6.61 Å². The molecule has 168 valence electrons. The van der Waals surface area contributed by atoms with Gasteiger partial charge in [-0.3, -0.25) is 4.68 Å². The van der Waals surface area contributed by atoms with E-state index in [0.717, 1.165) is 37.9 Å². The summed E-state index contributed by atoms with van der Waals surface area (Å²) < 4.78 is 7.54. The van der Waals surface area contributed by atoms with E-state index in [2.05, 4.69) is 73.1 Å². The van der Waals surface area contributed by atoms with Crippen LogP contribution in [0, 0.1) is 25.7 Å². The molecule has 4 rings (SSSR count). The van der Waals surface area contributed by atoms with Gasteiger partial charge in [0, 0.05) is 17.7 Å². The summed E-state index contributed by atoms with van der Waals surface area (Å²) in [5.41, 5.74) is 7.13. The minimum atomic E-state index is -0.898. The predicted molar refractivity (Wildman–Crippen MR) is 126 cm³/mol. The van der Waals surface area contributed by atoms with E-state index >= 15 is 0 Å². The maximum atomic E-state index is 10.7. The highest BCUT2D eigenvalue weighted by Crippen LogP contribution is 2.37. The van der Waals surface area contributed by atoms with Gasteiger partial charge in [0.25, 0.3) is 0 Å². The number of ether oxygens (including phenoxy) is 1. The van der Waals surface area contributed by atoms with Crippen LogP contribution in [0.5, 0.6) is 0 Å². The van der Waals surface area contributed by atoms with Gasteiger partial charge in [0.15, 0.2) is 0 Å². The van der Waals surface area contributed by atoms with Crippen LogP contribution in [-0.2, 0) is 16.1 Å². The summed E-state index contributed by atoms with van der Waals surface area (Å²) in [7, 11) is 0. The van der Waals surface area contributed by atoms with Gasteiger partial charge < -0.3 is 9.84 Å². The lowest BCUT2D eigenvalue weighted by Gasteiger charge is -2.28. The van der Waals surface area contributed by atoms with Gasteiger partial charge >= 0.3 is 5.97 Å². The van der Waals surface area contributed by atoms with E-state index < -0.39 is 5.97 Å². The molecule has 0 spiro atoms. The second-order valence-corrected chi connectivity index (χ2v) is 9.02. The first-order chi connectivity index (χ1) is 15.5. The first-order valence-corrected chi connectivity index (χ1v) is 11.5. The number of hydrogen-bond acceptors (Lipinski definition) is 3. The highest BCUT2D eigenvalue weighted by Gasteiger charge is 2.25. The zero-order valence-corrected chi connectivity index (χ0v) is 19.0. The molecule has 1 saturated carbocycles. The van der Waals surface area contributed by atoms with Crippen LogP contribution >= 0.6 is 0 Å². The summed E-state index contributed by atoms with van der Waals surface area (Å²) in [5, 5.41) is 13.8. The molecule has 32 heavy (non-hydrogen) atoms. The molecule has 1 N–H and O–H groups in total. The van der Waals surface area contributed by atoms with Gasteiger partial charge in [-0.15, -0.1) is 0 Å². The van der Waals surface area contributed by atoms with Gasteiger partial charge in [-0.25, -0.2) is 4.79 Å². The molecule has 2 aromatic carbocycles. The Hall–Kier alpha value is -2.92. The average molecular weight is 433 g/mol. The third-order valence-electron chi connectivity index (χ3n) is 6.46. The highest BCUT2D eigenvalue weighted by atomic mass is 16.5. The van der Waals surface area contributed by atoms with Crippen molar-refractivity contribution in [3.05, 3.63) is 65.9 Å². The third-order valence-corrected chi connectivity index (χ3v) is 6.46. The van der Waals surface area contributed by atoms with Gasteiger partial charge in [-0.05, 0) is 56.9 Å². The molecule has 0 atom stereocenters. The van der Waals surface area contributed by atoms with Crippen molar-refractivity contribution in [1.82, 2.24) is 9.78 Å². The zero-order chi connectivity index (χ0) is 22.5. The third kappa shape index (κ3) is 5.28. The van der Waals surface area contributed by atoms with Crippen molar-refractivity contribution >= 4 is 5.97 Å². The number of carboxylic acids is 1. The predicted octanol–water partition coefficient (Wildman–Crippen LogP) is 5.74. The number of nitrogens with zero attached hydrogens (tertiary/aromatic N) is 2. The molecule has 1 aliphatic carbocycles. The Labute approximate surface area is 190 Å². The molecule has 0 amide bonds. The van der Waals surface area contributed by atoms with Gasteiger partial charge in [-0.1, -0.05) is 60.2 Å². The summed E-state index contributed by atoms with van der Waals surface area (Å²) in [6.45, 7) is 5.49. The van der Waals surface area contributed by atoms with Crippen LogP contribution in [0.2, 0.25) is 0 Å². The number of benzene rings is 2. The quantitative estimate of drug-likeness (QED) is 0.493. The maximum Gasteiger partial charge on any atom is 0.329 e. The Morgan fingerprint density at radius 1 is 1.00 bits per heavy atom. The van der Waals surface area contributed by atoms with Crippen molar-refractivity contribution in [3.63, 3.8) is 0 Å². The number of carboxylic acid groups (broad SMARTS) is 1. The van der Waals surface area contributed by atoms with Crippen LogP contribution in [0.3, 0.4) is 0 Å². The van der Waals surface area contributed by atoms with Crippen LogP contribution < -0.4 is 0 Å². The number of aromatic nitrogens is 2. The monoisotopic (exact) mass is 432 g/mol. The van der Waals surface area contributed by atoms with E-state index in [9.17, 15) is 4.79 Å². The van der Waals surface area contributed by atoms with Gasteiger partial charge in [-0.2, -0.15) is 5.10 Å². The van der Waals surface area contributed by atoms with E-state index in [0.29, 0.717) is 18.4 Å². The topological polar surface area (TPSA) is 64.4 Å². The molecule has 5 heteroatoms. The zero-order valence-electron chi connectivity index (χ0n) is 19.0. The fraction of sp³-hybridized carbons (Fsp3) is 0.407. The van der Waals surface area contributed by atoms with Crippen molar-refractivity contribution in [2.75, 3.05) is 13.2 Å². The SMILES string of the molecule is Cc1cccc(-c2c(C)nn(C[C@H]3CC[C@H](COCC(=O)O)CC3)c2-c2ccccc2)c1. The molecule has 1 aliphatic rings. The molecule has 1 aromatic heterocycles. The van der Waals surface area contributed by atoms with Crippen molar-refractivity contribution in [3.8, 4) is 22.4 Å². The van der Waals surface area contributed by atoms with E-state index in [1.165, 1.54) is 27.9 Å². The van der Waals surface area contributed by atoms with Crippen molar-refractivity contribution in [2.24, 2.45) is 11.8 Å². The number of hydrogen-bond donors (Lipinski definition) is 1. The van der Waals surface area contributed by atoms with E-state index in [1.807, 2.05) is 0 Å². The molecule has 0 unspecified atom stereocenters. The van der Waals surface area contributed by atoms with Crippen molar-refractivity contribution in [1.29, 1.82) is 0 Å². The van der Waals surface area contributed by atoms with Crippen molar-refractivity contribution < 1.29 is 14.6 Å². The lowest BCUT2D eigenvalue weighted by Crippen LogP contribution is -2.23. The molecule has 0 radical (unpaired) electrons. The fourth-order valence-electron chi connectivity index (χ4n) is 4.89. The summed E-state index contributed by atoms with van der Waals surface area (Å²) in [6.07, 6.45) is 4.40. The molecule has 0 bridgehead atoms. The van der Waals surface area contributed by atoms with Gasteiger partial charge in [0.2, 0.25) is 0 Å². The number of aryl methyl sites for hydroxylation is 2. The Balaban J connectivity index is 1.55. The first-order valence-electron chi connectivity index (χ1n) is 11.5. The first kappa shape index (κ1) is 22.3. The second-order valence-electron chi connectivity index (χ2n) is 9.02. The minimum absolute atomic E-state index is 0.200. The molecular formula is C27H32N2O3. The second kappa shape index (κ2) is 10.1. The fourth-order valence-corrected chi connectivity index (χ4v) is 4.89. The number of rotatable bonds is 8. The van der Waals surface area contributed by atoms with Crippen LogP contribution in [0.1, 0.15) is 36.9 Å². The summed E-state index contributed by atoms with van der Waals surface area (Å²) in [6, 6.07) is 19.2. The Morgan fingerprint density at radius 3 is 2.38 bits per heavy atom. The van der Waals surface area contributed by atoms with Crippen LogP contribution in [0.4, 0.5) is 0 Å².